The number of nitrogens with zero attached hydrogens (tertiary/aromatic N) is 6. The van der Waals surface area contributed by atoms with Gasteiger partial charge in [0, 0.05) is 32.4 Å². The molecule has 3 aromatic heterocycles. The van der Waals surface area contributed by atoms with Gasteiger partial charge < -0.3 is 14.4 Å². The highest BCUT2D eigenvalue weighted by Gasteiger charge is 2.19. The van der Waals surface area contributed by atoms with E-state index >= 15 is 0 Å². The van der Waals surface area contributed by atoms with Gasteiger partial charge in [0.2, 0.25) is 0 Å². The molecule has 1 amide bonds. The standard InChI is InChI=1S/C18H21N7O3/c1-11-10-27-7-6-24(2)17(26)15-12(9-25(3)23-15)4-5-13-16-14(22-21-13)8-19-18(20-16)28-11/h4-5,8-9,11H,6-7,10H2,1-3H3,(H,21,22)/b5-4+/t11-/m1/s1. The van der Waals surface area contributed by atoms with E-state index in [1.165, 1.54) is 0 Å². The lowest BCUT2D eigenvalue weighted by Crippen LogP contribution is -2.32. The summed E-state index contributed by atoms with van der Waals surface area (Å²) in [4.78, 5) is 23.0. The first-order valence-electron chi connectivity index (χ1n) is 8.94. The lowest BCUT2D eigenvalue weighted by molar-refractivity contribution is 0.0418. The largest absolute Gasteiger partial charge is 0.458 e. The van der Waals surface area contributed by atoms with Crippen LogP contribution in [-0.4, -0.2) is 73.7 Å². The van der Waals surface area contributed by atoms with E-state index in [0.29, 0.717) is 47.7 Å². The molecule has 0 saturated heterocycles. The molecule has 1 atom stereocenters. The molecule has 0 aliphatic carbocycles. The molecule has 4 rings (SSSR count). The Morgan fingerprint density at radius 3 is 3.00 bits per heavy atom. The van der Waals surface area contributed by atoms with E-state index in [-0.39, 0.29) is 18.0 Å². The molecule has 2 bridgehead atoms. The summed E-state index contributed by atoms with van der Waals surface area (Å²) in [5, 5.41) is 11.5. The van der Waals surface area contributed by atoms with Crippen LogP contribution in [0.3, 0.4) is 0 Å². The van der Waals surface area contributed by atoms with Crippen LogP contribution < -0.4 is 4.74 Å². The molecule has 0 unspecified atom stereocenters. The van der Waals surface area contributed by atoms with Gasteiger partial charge in [-0.25, -0.2) is 4.98 Å². The average Bonchev–Trinajstić information content (AvgIpc) is 3.24. The first-order valence-corrected chi connectivity index (χ1v) is 8.94. The smallest absolute Gasteiger partial charge is 0.317 e. The number of fused-ring (bicyclic) bond motifs is 2. The third kappa shape index (κ3) is 3.58. The predicted octanol–water partition coefficient (Wildman–Crippen LogP) is 1.13. The van der Waals surface area contributed by atoms with Crippen LogP contribution in [0.1, 0.15) is 28.7 Å². The summed E-state index contributed by atoms with van der Waals surface area (Å²) in [6, 6.07) is 0.265. The zero-order valence-electron chi connectivity index (χ0n) is 15.9. The second-order valence-corrected chi connectivity index (χ2v) is 6.69. The van der Waals surface area contributed by atoms with Crippen molar-refractivity contribution in [2.45, 2.75) is 13.0 Å². The monoisotopic (exact) mass is 383 g/mol. The van der Waals surface area contributed by atoms with Crippen LogP contribution >= 0.6 is 0 Å². The lowest BCUT2D eigenvalue weighted by atomic mass is 10.2. The molecule has 4 heterocycles. The van der Waals surface area contributed by atoms with Crippen molar-refractivity contribution >= 4 is 29.1 Å². The number of nitrogens with one attached hydrogen (secondary N) is 1. The molecule has 1 N–H and O–H groups in total. The van der Waals surface area contributed by atoms with Crippen molar-refractivity contribution in [3.05, 3.63) is 29.3 Å². The molecule has 0 radical (unpaired) electrons. The number of hydrogen-bond donors (Lipinski definition) is 1. The van der Waals surface area contributed by atoms with Gasteiger partial charge in [-0.05, 0) is 19.1 Å². The van der Waals surface area contributed by atoms with Crippen molar-refractivity contribution in [1.82, 2.24) is 34.8 Å². The number of likely N-dealkylation sites (N-methyl/N-ethyl adjacent to an activating group) is 1. The minimum absolute atomic E-state index is 0.170. The van der Waals surface area contributed by atoms with Crippen LogP contribution in [0.5, 0.6) is 6.01 Å². The second-order valence-electron chi connectivity index (χ2n) is 6.69. The third-order valence-electron chi connectivity index (χ3n) is 4.36. The normalized spacial score (nSPS) is 19.6. The Hall–Kier alpha value is -3.27. The van der Waals surface area contributed by atoms with E-state index in [2.05, 4.69) is 25.3 Å². The highest BCUT2D eigenvalue weighted by molar-refractivity contribution is 5.97. The molecule has 1 aliphatic rings. The van der Waals surface area contributed by atoms with E-state index < -0.39 is 0 Å². The zero-order valence-corrected chi connectivity index (χ0v) is 15.9. The van der Waals surface area contributed by atoms with Crippen LogP contribution in [0.15, 0.2) is 12.4 Å². The summed E-state index contributed by atoms with van der Waals surface area (Å²) in [6.07, 6.45) is 6.78. The quantitative estimate of drug-likeness (QED) is 0.619. The van der Waals surface area contributed by atoms with Crippen molar-refractivity contribution in [3.63, 3.8) is 0 Å². The van der Waals surface area contributed by atoms with E-state index in [4.69, 9.17) is 9.47 Å². The van der Waals surface area contributed by atoms with E-state index in [0.717, 1.165) is 0 Å². The number of carbonyl (C=O) groups excluding carboxylic acids is 1. The van der Waals surface area contributed by atoms with Crippen LogP contribution in [0.25, 0.3) is 23.2 Å². The van der Waals surface area contributed by atoms with Gasteiger partial charge in [-0.2, -0.15) is 15.2 Å². The average molecular weight is 383 g/mol. The number of ether oxygens (including phenoxy) is 2. The first kappa shape index (κ1) is 18.1. The fourth-order valence-electron chi connectivity index (χ4n) is 2.90. The third-order valence-corrected chi connectivity index (χ3v) is 4.36. The number of rotatable bonds is 0. The number of H-pyrrole nitrogens is 1. The summed E-state index contributed by atoms with van der Waals surface area (Å²) >= 11 is 0. The number of carbonyl (C=O) groups is 1. The van der Waals surface area contributed by atoms with Gasteiger partial charge in [0.05, 0.1) is 19.4 Å². The predicted molar refractivity (Wildman–Crippen MR) is 102 cm³/mol. The first-order chi connectivity index (χ1) is 13.5. The molecule has 28 heavy (non-hydrogen) atoms. The maximum absolute atomic E-state index is 12.8. The van der Waals surface area contributed by atoms with Gasteiger partial charge >= 0.3 is 6.01 Å². The lowest BCUT2D eigenvalue weighted by Gasteiger charge is -2.18. The summed E-state index contributed by atoms with van der Waals surface area (Å²) in [5.41, 5.74) is 3.02. The molecule has 146 valence electrons. The number of aromatic amines is 1. The Bertz CT molecular complexity index is 1040. The molecule has 10 nitrogen and oxygen atoms in total. The Labute approximate surface area is 161 Å². The van der Waals surface area contributed by atoms with Crippen molar-refractivity contribution in [2.24, 2.45) is 7.05 Å². The SMILES string of the molecule is C[C@@H]1COCCN(C)C(=O)c2nn(C)cc2/C=C/c2n[nH]c3cnc(nc23)O1. The number of aromatic nitrogens is 6. The highest BCUT2D eigenvalue weighted by Crippen LogP contribution is 2.19. The summed E-state index contributed by atoms with van der Waals surface area (Å²) < 4.78 is 13.0. The van der Waals surface area contributed by atoms with E-state index in [1.54, 1.807) is 48.2 Å². The van der Waals surface area contributed by atoms with Crippen LogP contribution in [0, 0.1) is 0 Å². The molecule has 0 aromatic carbocycles. The number of hydrogen-bond acceptors (Lipinski definition) is 7. The topological polar surface area (TPSA) is 111 Å². The molecule has 3 aromatic rings. The Balaban J connectivity index is 1.77. The maximum Gasteiger partial charge on any atom is 0.317 e. The maximum atomic E-state index is 12.8. The molecule has 10 heteroatoms. The molecule has 1 aliphatic heterocycles. The van der Waals surface area contributed by atoms with Gasteiger partial charge in [-0.1, -0.05) is 0 Å². The fourth-order valence-corrected chi connectivity index (χ4v) is 2.90. The molecular weight excluding hydrogens is 362 g/mol. The zero-order chi connectivity index (χ0) is 19.7. The summed E-state index contributed by atoms with van der Waals surface area (Å²) in [6.45, 7) is 3.06. The van der Waals surface area contributed by atoms with Crippen molar-refractivity contribution in [3.8, 4) is 6.01 Å². The molecular formula is C18H21N7O3. The van der Waals surface area contributed by atoms with Gasteiger partial charge in [-0.15, -0.1) is 0 Å². The van der Waals surface area contributed by atoms with Crippen molar-refractivity contribution in [1.29, 1.82) is 0 Å². The summed E-state index contributed by atoms with van der Waals surface area (Å²) in [5.74, 6) is -0.170. The Morgan fingerprint density at radius 2 is 2.14 bits per heavy atom. The molecule has 0 spiro atoms. The van der Waals surface area contributed by atoms with Crippen molar-refractivity contribution in [2.75, 3.05) is 26.8 Å². The van der Waals surface area contributed by atoms with E-state index in [1.807, 2.05) is 6.92 Å². The van der Waals surface area contributed by atoms with Crippen LogP contribution in [0.2, 0.25) is 0 Å². The molecule has 0 saturated carbocycles. The second kappa shape index (κ2) is 7.39. The minimum atomic E-state index is -0.236. The summed E-state index contributed by atoms with van der Waals surface area (Å²) in [7, 11) is 3.51. The van der Waals surface area contributed by atoms with Gasteiger partial charge in [0.15, 0.2) is 5.69 Å². The fraction of sp³-hybridized carbons (Fsp3) is 0.389. The number of amides is 1. The van der Waals surface area contributed by atoms with E-state index in [9.17, 15) is 4.79 Å². The van der Waals surface area contributed by atoms with Gasteiger partial charge in [-0.3, -0.25) is 14.6 Å². The minimum Gasteiger partial charge on any atom is -0.458 e. The van der Waals surface area contributed by atoms with Crippen LogP contribution in [-0.2, 0) is 11.8 Å². The Kier molecular flexibility index (Phi) is 4.78. The van der Waals surface area contributed by atoms with Crippen molar-refractivity contribution < 1.29 is 14.3 Å². The van der Waals surface area contributed by atoms with Crippen LogP contribution in [0.4, 0.5) is 0 Å². The van der Waals surface area contributed by atoms with Gasteiger partial charge in [0.25, 0.3) is 5.91 Å². The molecule has 0 fully saturated rings. The number of aryl methyl sites for hydroxylation is 1. The van der Waals surface area contributed by atoms with Gasteiger partial charge in [0.1, 0.15) is 22.8 Å². The highest BCUT2D eigenvalue weighted by atomic mass is 16.5. The Morgan fingerprint density at radius 1 is 1.29 bits per heavy atom.